The van der Waals surface area contributed by atoms with Crippen molar-refractivity contribution in [2.24, 2.45) is 0 Å². The Kier molecular flexibility index (Phi) is 5.31. The van der Waals surface area contributed by atoms with E-state index in [1.54, 1.807) is 18.2 Å². The lowest BCUT2D eigenvalue weighted by Crippen LogP contribution is -2.17. The lowest BCUT2D eigenvalue weighted by Gasteiger charge is -2.14. The Bertz CT molecular complexity index is 613. The molecule has 0 fully saturated rings. The van der Waals surface area contributed by atoms with Gasteiger partial charge in [0.05, 0.1) is 0 Å². The Morgan fingerprint density at radius 2 is 1.95 bits per heavy atom. The molecule has 0 radical (unpaired) electrons. The topological polar surface area (TPSA) is 21.3 Å². The third kappa shape index (κ3) is 4.25. The zero-order chi connectivity index (χ0) is 15.4. The molecule has 2 rings (SSSR count). The van der Waals surface area contributed by atoms with E-state index in [4.69, 9.17) is 4.74 Å². The van der Waals surface area contributed by atoms with Gasteiger partial charge in [0.2, 0.25) is 0 Å². The molecular formula is C16H16BrF2NO. The van der Waals surface area contributed by atoms with Gasteiger partial charge in [-0.25, -0.2) is 8.78 Å². The third-order valence-electron chi connectivity index (χ3n) is 3.03. The molecule has 1 unspecified atom stereocenters. The first kappa shape index (κ1) is 15.9. The van der Waals surface area contributed by atoms with Crippen LogP contribution in [0.15, 0.2) is 40.9 Å². The highest BCUT2D eigenvalue weighted by Gasteiger charge is 2.10. The lowest BCUT2D eigenvalue weighted by molar-refractivity contribution is 0.437. The van der Waals surface area contributed by atoms with Gasteiger partial charge in [-0.05, 0) is 43.3 Å². The van der Waals surface area contributed by atoms with Crippen molar-refractivity contribution in [3.05, 3.63) is 58.1 Å². The molecule has 0 bridgehead atoms. The molecule has 21 heavy (non-hydrogen) atoms. The summed E-state index contributed by atoms with van der Waals surface area (Å²) in [6.07, 6.45) is 0. The molecule has 0 aliphatic heterocycles. The zero-order valence-corrected chi connectivity index (χ0v) is 13.4. The van der Waals surface area contributed by atoms with Crippen LogP contribution in [0.4, 0.5) is 8.78 Å². The summed E-state index contributed by atoms with van der Waals surface area (Å²) >= 11 is 3.17. The van der Waals surface area contributed by atoms with Crippen LogP contribution in [0, 0.1) is 11.6 Å². The summed E-state index contributed by atoms with van der Waals surface area (Å²) in [7, 11) is 0. The fourth-order valence-corrected chi connectivity index (χ4v) is 2.45. The van der Waals surface area contributed by atoms with E-state index in [1.165, 1.54) is 18.2 Å². The minimum atomic E-state index is -0.474. The summed E-state index contributed by atoms with van der Waals surface area (Å²) in [4.78, 5) is 0. The van der Waals surface area contributed by atoms with Crippen LogP contribution >= 0.6 is 15.9 Å². The minimum Gasteiger partial charge on any atom is -0.454 e. The van der Waals surface area contributed by atoms with Crippen molar-refractivity contribution < 1.29 is 13.5 Å². The molecule has 1 N–H and O–H groups in total. The van der Waals surface area contributed by atoms with Crippen LogP contribution in [0.2, 0.25) is 0 Å². The van der Waals surface area contributed by atoms with Gasteiger partial charge >= 0.3 is 0 Å². The van der Waals surface area contributed by atoms with Crippen LogP contribution in [0.1, 0.15) is 25.5 Å². The van der Waals surface area contributed by atoms with Crippen molar-refractivity contribution in [2.45, 2.75) is 19.9 Å². The SMILES string of the molecule is CCNC(C)c1ccc(Oc2cc(F)cc(Br)c2)c(F)c1. The second-order valence-electron chi connectivity index (χ2n) is 4.68. The fraction of sp³-hybridized carbons (Fsp3) is 0.250. The molecule has 0 saturated carbocycles. The van der Waals surface area contributed by atoms with E-state index >= 15 is 0 Å². The molecule has 1 atom stereocenters. The van der Waals surface area contributed by atoms with E-state index < -0.39 is 11.6 Å². The van der Waals surface area contributed by atoms with Gasteiger partial charge in [-0.15, -0.1) is 0 Å². The molecule has 5 heteroatoms. The van der Waals surface area contributed by atoms with Crippen LogP contribution in [-0.2, 0) is 0 Å². The van der Waals surface area contributed by atoms with Crippen LogP contribution < -0.4 is 10.1 Å². The van der Waals surface area contributed by atoms with Crippen molar-refractivity contribution in [1.29, 1.82) is 0 Å². The highest BCUT2D eigenvalue weighted by molar-refractivity contribution is 9.10. The van der Waals surface area contributed by atoms with Crippen LogP contribution in [0.25, 0.3) is 0 Å². The van der Waals surface area contributed by atoms with E-state index in [0.29, 0.717) is 4.47 Å². The van der Waals surface area contributed by atoms with Gasteiger partial charge in [-0.2, -0.15) is 0 Å². The summed E-state index contributed by atoms with van der Waals surface area (Å²) in [5, 5.41) is 3.21. The Labute approximate surface area is 131 Å². The van der Waals surface area contributed by atoms with Gasteiger partial charge in [-0.1, -0.05) is 28.9 Å². The van der Waals surface area contributed by atoms with E-state index in [-0.39, 0.29) is 17.5 Å². The molecular weight excluding hydrogens is 340 g/mol. The minimum absolute atomic E-state index is 0.0573. The standard InChI is InChI=1S/C16H16BrF2NO/c1-3-20-10(2)11-4-5-16(15(19)6-11)21-14-8-12(17)7-13(18)9-14/h4-10,20H,3H2,1-2H3. The number of benzene rings is 2. The maximum atomic E-state index is 14.1. The van der Waals surface area contributed by atoms with Gasteiger partial charge in [-0.3, -0.25) is 0 Å². The third-order valence-corrected chi connectivity index (χ3v) is 3.49. The summed E-state index contributed by atoms with van der Waals surface area (Å²) < 4.78 is 33.3. The maximum absolute atomic E-state index is 14.1. The van der Waals surface area contributed by atoms with Gasteiger partial charge in [0.25, 0.3) is 0 Å². The molecule has 112 valence electrons. The van der Waals surface area contributed by atoms with Crippen molar-refractivity contribution in [2.75, 3.05) is 6.54 Å². The highest BCUT2D eigenvalue weighted by Crippen LogP contribution is 2.29. The van der Waals surface area contributed by atoms with Crippen molar-refractivity contribution in [3.8, 4) is 11.5 Å². The molecule has 0 amide bonds. The molecule has 0 heterocycles. The molecule has 0 aromatic heterocycles. The molecule has 2 aromatic carbocycles. The number of ether oxygens (including phenoxy) is 1. The zero-order valence-electron chi connectivity index (χ0n) is 11.8. The number of nitrogens with one attached hydrogen (secondary N) is 1. The average molecular weight is 356 g/mol. The highest BCUT2D eigenvalue weighted by atomic mass is 79.9. The van der Waals surface area contributed by atoms with Gasteiger partial charge in [0.1, 0.15) is 11.6 Å². The summed E-state index contributed by atoms with van der Waals surface area (Å²) in [6, 6.07) is 8.93. The Morgan fingerprint density at radius 1 is 1.19 bits per heavy atom. The van der Waals surface area contributed by atoms with Crippen molar-refractivity contribution in [3.63, 3.8) is 0 Å². The van der Waals surface area contributed by atoms with Gasteiger partial charge < -0.3 is 10.1 Å². The van der Waals surface area contributed by atoms with Crippen LogP contribution in [-0.4, -0.2) is 6.54 Å². The first-order chi connectivity index (χ1) is 9.99. The van der Waals surface area contributed by atoms with Gasteiger partial charge in [0.15, 0.2) is 11.6 Å². The fourth-order valence-electron chi connectivity index (χ4n) is 2.01. The first-order valence-electron chi connectivity index (χ1n) is 6.66. The normalized spacial score (nSPS) is 12.2. The maximum Gasteiger partial charge on any atom is 0.166 e. The Hall–Kier alpha value is -1.46. The number of halogens is 3. The molecule has 0 aliphatic rings. The number of hydrogen-bond donors (Lipinski definition) is 1. The second kappa shape index (κ2) is 7.00. The summed E-state index contributed by atoms with van der Waals surface area (Å²) in [6.45, 7) is 4.76. The predicted molar refractivity (Wildman–Crippen MR) is 82.7 cm³/mol. The van der Waals surface area contributed by atoms with Crippen LogP contribution in [0.5, 0.6) is 11.5 Å². The van der Waals surface area contributed by atoms with E-state index in [1.807, 2.05) is 13.8 Å². The van der Waals surface area contributed by atoms with Crippen LogP contribution in [0.3, 0.4) is 0 Å². The number of rotatable bonds is 5. The van der Waals surface area contributed by atoms with E-state index in [9.17, 15) is 8.78 Å². The summed E-state index contributed by atoms with van der Waals surface area (Å²) in [5.41, 5.74) is 0.835. The van der Waals surface area contributed by atoms with E-state index in [2.05, 4.69) is 21.2 Å². The number of hydrogen-bond acceptors (Lipinski definition) is 2. The second-order valence-corrected chi connectivity index (χ2v) is 5.59. The predicted octanol–water partition coefficient (Wildman–Crippen LogP) is 5.19. The molecule has 2 nitrogen and oxygen atoms in total. The molecule has 0 aliphatic carbocycles. The summed E-state index contributed by atoms with van der Waals surface area (Å²) in [5.74, 6) is -0.608. The van der Waals surface area contributed by atoms with Crippen molar-refractivity contribution >= 4 is 15.9 Å². The first-order valence-corrected chi connectivity index (χ1v) is 7.45. The monoisotopic (exact) mass is 355 g/mol. The largest absolute Gasteiger partial charge is 0.454 e. The Balaban J connectivity index is 2.21. The van der Waals surface area contributed by atoms with Crippen molar-refractivity contribution in [1.82, 2.24) is 5.32 Å². The average Bonchev–Trinajstić information content (AvgIpc) is 2.40. The quantitative estimate of drug-likeness (QED) is 0.796. The molecule has 0 saturated heterocycles. The Morgan fingerprint density at radius 3 is 2.57 bits per heavy atom. The molecule has 0 spiro atoms. The van der Waals surface area contributed by atoms with Gasteiger partial charge in [0, 0.05) is 16.6 Å². The lowest BCUT2D eigenvalue weighted by atomic mass is 10.1. The smallest absolute Gasteiger partial charge is 0.166 e. The molecule has 2 aromatic rings. The van der Waals surface area contributed by atoms with E-state index in [0.717, 1.165) is 12.1 Å².